The lowest BCUT2D eigenvalue weighted by molar-refractivity contribution is -0.113. The lowest BCUT2D eigenvalue weighted by Gasteiger charge is -2.27. The molecule has 8 heteroatoms. The van der Waals surface area contributed by atoms with E-state index in [-0.39, 0.29) is 17.0 Å². The van der Waals surface area contributed by atoms with Crippen LogP contribution in [0.1, 0.15) is 18.4 Å². The van der Waals surface area contributed by atoms with Crippen molar-refractivity contribution in [3.05, 3.63) is 85.9 Å². The van der Waals surface area contributed by atoms with Gasteiger partial charge in [-0.2, -0.15) is 5.26 Å². The van der Waals surface area contributed by atoms with Gasteiger partial charge in [0.15, 0.2) is 0 Å². The van der Waals surface area contributed by atoms with E-state index >= 15 is 0 Å². The summed E-state index contributed by atoms with van der Waals surface area (Å²) in [5, 5.41) is 13.6. The van der Waals surface area contributed by atoms with Gasteiger partial charge in [0.05, 0.1) is 21.5 Å². The molecule has 3 rings (SSSR count). The van der Waals surface area contributed by atoms with Crippen LogP contribution in [0.5, 0.6) is 0 Å². The van der Waals surface area contributed by atoms with Crippen LogP contribution in [0.2, 0.25) is 15.1 Å². The van der Waals surface area contributed by atoms with Crippen LogP contribution < -0.4 is 11.1 Å². The highest BCUT2D eigenvalue weighted by atomic mass is 35.5. The molecule has 1 aliphatic heterocycles. The molecule has 0 aromatic heterocycles. The second-order valence-electron chi connectivity index (χ2n) is 6.03. The van der Waals surface area contributed by atoms with Gasteiger partial charge in [-0.3, -0.25) is 4.79 Å². The molecule has 142 valence electrons. The fraction of sp³-hybridized carbons (Fsp3) is 0.100. The third kappa shape index (κ3) is 3.95. The van der Waals surface area contributed by atoms with Crippen LogP contribution >= 0.6 is 34.8 Å². The Hall–Kier alpha value is -2.65. The Morgan fingerprint density at radius 2 is 1.82 bits per heavy atom. The predicted octanol–water partition coefficient (Wildman–Crippen LogP) is 5.37. The van der Waals surface area contributed by atoms with Gasteiger partial charge in [0, 0.05) is 10.7 Å². The van der Waals surface area contributed by atoms with E-state index in [0.29, 0.717) is 32.1 Å². The van der Waals surface area contributed by atoms with Crippen LogP contribution in [-0.2, 0) is 9.53 Å². The number of hydrogen-bond acceptors (Lipinski definition) is 4. The summed E-state index contributed by atoms with van der Waals surface area (Å²) in [4.78, 5) is 13.1. The number of allylic oxidation sites excluding steroid dienone is 2. The first-order valence-corrected chi connectivity index (χ1v) is 9.25. The first-order valence-electron chi connectivity index (χ1n) is 8.12. The normalized spacial score (nSPS) is 16.5. The number of rotatable bonds is 3. The maximum atomic E-state index is 13.1. The fourth-order valence-electron chi connectivity index (χ4n) is 2.93. The minimum absolute atomic E-state index is 0.0564. The number of nitrogens with two attached hydrogens (primary N) is 1. The Morgan fingerprint density at radius 1 is 1.14 bits per heavy atom. The number of nitrogens with one attached hydrogen (secondary N) is 1. The smallest absolute Gasteiger partial charge is 0.255 e. The van der Waals surface area contributed by atoms with E-state index in [1.807, 2.05) is 6.07 Å². The van der Waals surface area contributed by atoms with Gasteiger partial charge in [0.2, 0.25) is 5.88 Å². The molecule has 5 nitrogen and oxygen atoms in total. The van der Waals surface area contributed by atoms with Crippen LogP contribution in [0.15, 0.2) is 65.3 Å². The van der Waals surface area contributed by atoms with Crippen LogP contribution in [-0.4, -0.2) is 5.91 Å². The SMILES string of the molecule is CC1=C(C(=O)Nc2ccc(Cl)cc2)C(c2ccc(Cl)c(Cl)c2)C(C#N)=C(N)O1. The molecule has 3 N–H and O–H groups in total. The summed E-state index contributed by atoms with van der Waals surface area (Å²) in [7, 11) is 0. The first kappa shape index (κ1) is 20.1. The van der Waals surface area contributed by atoms with Gasteiger partial charge < -0.3 is 15.8 Å². The van der Waals surface area contributed by atoms with Crippen molar-refractivity contribution < 1.29 is 9.53 Å². The lowest BCUT2D eigenvalue weighted by atomic mass is 9.82. The Balaban J connectivity index is 2.06. The Labute approximate surface area is 176 Å². The maximum Gasteiger partial charge on any atom is 0.255 e. The van der Waals surface area contributed by atoms with Crippen molar-refractivity contribution in [1.82, 2.24) is 0 Å². The number of anilines is 1. The molecule has 1 unspecified atom stereocenters. The van der Waals surface area contributed by atoms with Crippen molar-refractivity contribution in [2.45, 2.75) is 12.8 Å². The largest absolute Gasteiger partial charge is 0.445 e. The molecular weight excluding hydrogens is 421 g/mol. The summed E-state index contributed by atoms with van der Waals surface area (Å²) in [5.41, 5.74) is 7.41. The summed E-state index contributed by atoms with van der Waals surface area (Å²) in [5.74, 6) is -0.949. The average molecular weight is 435 g/mol. The van der Waals surface area contributed by atoms with Gasteiger partial charge in [-0.25, -0.2) is 0 Å². The van der Waals surface area contributed by atoms with Crippen molar-refractivity contribution in [3.63, 3.8) is 0 Å². The average Bonchev–Trinajstić information content (AvgIpc) is 2.65. The molecule has 1 amide bonds. The van der Waals surface area contributed by atoms with Gasteiger partial charge in [0.1, 0.15) is 17.4 Å². The molecule has 0 spiro atoms. The number of nitriles is 1. The number of hydrogen-bond donors (Lipinski definition) is 2. The number of halogens is 3. The van der Waals surface area contributed by atoms with Crippen molar-refractivity contribution in [2.75, 3.05) is 5.32 Å². The van der Waals surface area contributed by atoms with Crippen LogP contribution in [0.3, 0.4) is 0 Å². The first-order chi connectivity index (χ1) is 13.3. The summed E-state index contributed by atoms with van der Waals surface area (Å²) in [6.45, 7) is 1.61. The van der Waals surface area contributed by atoms with E-state index < -0.39 is 11.8 Å². The molecule has 0 bridgehead atoms. The molecule has 0 fully saturated rings. The van der Waals surface area contributed by atoms with Gasteiger partial charge in [-0.15, -0.1) is 0 Å². The molecule has 2 aromatic rings. The van der Waals surface area contributed by atoms with Crippen LogP contribution in [0, 0.1) is 11.3 Å². The quantitative estimate of drug-likeness (QED) is 0.680. The summed E-state index contributed by atoms with van der Waals surface area (Å²) >= 11 is 18.0. The van der Waals surface area contributed by atoms with Gasteiger partial charge in [0.25, 0.3) is 5.91 Å². The number of carbonyl (C=O) groups excluding carboxylic acids is 1. The number of benzene rings is 2. The Morgan fingerprint density at radius 3 is 2.43 bits per heavy atom. The van der Waals surface area contributed by atoms with E-state index in [9.17, 15) is 10.1 Å². The van der Waals surface area contributed by atoms with E-state index in [0.717, 1.165) is 0 Å². The zero-order valence-electron chi connectivity index (χ0n) is 14.6. The Bertz CT molecular complexity index is 1050. The molecule has 0 saturated carbocycles. The highest BCUT2D eigenvalue weighted by Gasteiger charge is 2.35. The molecule has 28 heavy (non-hydrogen) atoms. The molecule has 0 radical (unpaired) electrons. The second-order valence-corrected chi connectivity index (χ2v) is 7.28. The number of carbonyl (C=O) groups is 1. The highest BCUT2D eigenvalue weighted by Crippen LogP contribution is 2.41. The van der Waals surface area contributed by atoms with Gasteiger partial charge in [-0.1, -0.05) is 40.9 Å². The summed E-state index contributed by atoms with van der Waals surface area (Å²) in [6.07, 6.45) is 0. The molecule has 1 aliphatic rings. The molecular formula is C20H14Cl3N3O2. The van der Waals surface area contributed by atoms with Crippen LogP contribution in [0.4, 0.5) is 5.69 Å². The number of amides is 1. The fourth-order valence-corrected chi connectivity index (χ4v) is 3.36. The monoisotopic (exact) mass is 433 g/mol. The number of ether oxygens (including phenoxy) is 1. The predicted molar refractivity (Wildman–Crippen MR) is 110 cm³/mol. The van der Waals surface area contributed by atoms with E-state index in [2.05, 4.69) is 5.32 Å². The van der Waals surface area contributed by atoms with Crippen molar-refractivity contribution in [2.24, 2.45) is 5.73 Å². The van der Waals surface area contributed by atoms with Gasteiger partial charge >= 0.3 is 0 Å². The minimum Gasteiger partial charge on any atom is -0.445 e. The standard InChI is InChI=1S/C20H14Cl3N3O2/c1-10-17(20(27)26-13-5-3-12(21)4-6-13)18(14(9-24)19(25)28-10)11-2-7-15(22)16(23)8-11/h2-8,18H,25H2,1H3,(H,26,27). The van der Waals surface area contributed by atoms with Gasteiger partial charge in [-0.05, 0) is 48.9 Å². The van der Waals surface area contributed by atoms with E-state index in [1.54, 1.807) is 49.4 Å². The topological polar surface area (TPSA) is 88.1 Å². The highest BCUT2D eigenvalue weighted by molar-refractivity contribution is 6.42. The Kier molecular flexibility index (Phi) is 5.85. The van der Waals surface area contributed by atoms with Crippen molar-refractivity contribution in [1.29, 1.82) is 5.26 Å². The third-order valence-corrected chi connectivity index (χ3v) is 5.22. The molecule has 0 aliphatic carbocycles. The zero-order valence-corrected chi connectivity index (χ0v) is 16.9. The van der Waals surface area contributed by atoms with Crippen molar-refractivity contribution >= 4 is 46.4 Å². The number of nitrogens with zero attached hydrogens (tertiary/aromatic N) is 1. The van der Waals surface area contributed by atoms with Crippen LogP contribution in [0.25, 0.3) is 0 Å². The minimum atomic E-state index is -0.749. The zero-order chi connectivity index (χ0) is 20.4. The van der Waals surface area contributed by atoms with E-state index in [4.69, 9.17) is 45.3 Å². The summed E-state index contributed by atoms with van der Waals surface area (Å²) in [6, 6.07) is 13.6. The molecule has 1 atom stereocenters. The summed E-state index contributed by atoms with van der Waals surface area (Å²) < 4.78 is 5.46. The molecule has 1 heterocycles. The molecule has 2 aromatic carbocycles. The van der Waals surface area contributed by atoms with E-state index in [1.165, 1.54) is 0 Å². The lowest BCUT2D eigenvalue weighted by Crippen LogP contribution is -2.27. The second kappa shape index (κ2) is 8.15. The van der Waals surface area contributed by atoms with Crippen molar-refractivity contribution in [3.8, 4) is 6.07 Å². The third-order valence-electron chi connectivity index (χ3n) is 4.23. The molecule has 0 saturated heterocycles. The maximum absolute atomic E-state index is 13.1.